The highest BCUT2D eigenvalue weighted by Gasteiger charge is 2.26. The number of aromatic nitrogens is 5. The van der Waals surface area contributed by atoms with Crippen LogP contribution in [0.15, 0.2) is 47.5 Å². The second kappa shape index (κ2) is 21.7. The minimum atomic E-state index is -0.286. The normalized spacial score (nSPS) is 14.3. The van der Waals surface area contributed by atoms with E-state index in [-0.39, 0.29) is 34.8 Å². The number of aryl methyl sites for hydroxylation is 4. The number of carbonyl (C=O) groups excluding carboxylic acids is 3. The van der Waals surface area contributed by atoms with E-state index in [2.05, 4.69) is 35.8 Å². The first-order valence-electron chi connectivity index (χ1n) is 22.0. The minimum Gasteiger partial charge on any atom is -0.383 e. The highest BCUT2D eigenvalue weighted by molar-refractivity contribution is 7.15. The molecule has 5 aromatic rings. The maximum atomic E-state index is 13.6. The van der Waals surface area contributed by atoms with Gasteiger partial charge in [-0.3, -0.25) is 29.1 Å². The van der Waals surface area contributed by atoms with E-state index in [4.69, 9.17) is 19.2 Å². The molecule has 0 atom stereocenters. The van der Waals surface area contributed by atoms with Crippen LogP contribution in [0.3, 0.4) is 0 Å². The van der Waals surface area contributed by atoms with E-state index in [1.54, 1.807) is 23.9 Å². The van der Waals surface area contributed by atoms with Crippen LogP contribution in [0, 0.1) is 27.7 Å². The SMILES string of the molecule is CC(=O)c1c(C)c2cnc(Nc3ccc(N4CCN(C(=O)CCOCCOCCOCCNc5ccc(C)c(C(=O)Nc6nc(C)c(C)s6)c5)CC4)cn3)nc2n(C2CCCC2)c1=O. The first-order valence-corrected chi connectivity index (χ1v) is 22.8. The second-order valence-corrected chi connectivity index (χ2v) is 17.4. The van der Waals surface area contributed by atoms with Gasteiger partial charge in [-0.15, -0.1) is 11.3 Å². The van der Waals surface area contributed by atoms with E-state index in [1.165, 1.54) is 18.3 Å². The number of piperazine rings is 1. The number of hydrogen-bond donors (Lipinski definition) is 3. The van der Waals surface area contributed by atoms with Crippen LogP contribution in [0.25, 0.3) is 11.0 Å². The molecule has 0 bridgehead atoms. The molecule has 2 aliphatic rings. The molecule has 2 fully saturated rings. The van der Waals surface area contributed by atoms with Crippen LogP contribution < -0.4 is 26.4 Å². The standard InChI is InChI=1S/C46H58N10O7S/c1-29-10-11-34(26-37(29)43(59)53-46-50-31(3)33(5)64-46)47-15-21-62-23-25-63-24-22-61-20-14-40(58)55-18-16-54(17-19-55)36-12-13-39(48-27-36)51-45-49-28-38-30(2)41(32(4)57)44(60)56(42(38)52-45)35-8-6-7-9-35/h10-13,26-28,35,47H,6-9,14-25H2,1-5H3,(H,50,53,59)(H,48,49,51,52). The number of Topliss-reactive ketones (excluding diaryl/α,β-unsaturated/α-hetero) is 1. The number of amides is 2. The molecule has 340 valence electrons. The van der Waals surface area contributed by atoms with Gasteiger partial charge in [0.2, 0.25) is 11.9 Å². The first kappa shape index (κ1) is 46.2. The largest absolute Gasteiger partial charge is 0.383 e. The van der Waals surface area contributed by atoms with E-state index in [0.717, 1.165) is 53.2 Å². The summed E-state index contributed by atoms with van der Waals surface area (Å²) in [6.45, 7) is 14.6. The predicted octanol–water partition coefficient (Wildman–Crippen LogP) is 6.39. The van der Waals surface area contributed by atoms with Crippen LogP contribution >= 0.6 is 11.3 Å². The van der Waals surface area contributed by atoms with E-state index < -0.39 is 0 Å². The highest BCUT2D eigenvalue weighted by Crippen LogP contribution is 2.32. The lowest BCUT2D eigenvalue weighted by Gasteiger charge is -2.36. The number of pyridine rings is 2. The Morgan fingerprint density at radius 1 is 0.844 bits per heavy atom. The molecule has 1 aromatic carbocycles. The third-order valence-corrected chi connectivity index (χ3v) is 12.7. The van der Waals surface area contributed by atoms with Gasteiger partial charge >= 0.3 is 0 Å². The number of ether oxygens (including phenoxy) is 3. The molecule has 1 saturated heterocycles. The maximum absolute atomic E-state index is 13.6. The minimum absolute atomic E-state index is 0.00260. The molecule has 3 N–H and O–H groups in total. The molecule has 1 aliphatic carbocycles. The molecular weight excluding hydrogens is 837 g/mol. The van der Waals surface area contributed by atoms with E-state index in [0.29, 0.717) is 118 Å². The smallest absolute Gasteiger partial charge is 0.263 e. The zero-order chi connectivity index (χ0) is 45.2. The van der Waals surface area contributed by atoms with Crippen LogP contribution in [0.2, 0.25) is 0 Å². The lowest BCUT2D eigenvalue weighted by Crippen LogP contribution is -2.49. The number of nitrogens with zero attached hydrogens (tertiary/aromatic N) is 7. The third-order valence-electron chi connectivity index (χ3n) is 11.7. The van der Waals surface area contributed by atoms with Crippen molar-refractivity contribution in [1.82, 2.24) is 29.4 Å². The number of hydrogen-bond acceptors (Lipinski definition) is 15. The predicted molar refractivity (Wildman–Crippen MR) is 249 cm³/mol. The average molecular weight is 895 g/mol. The molecular formula is C46H58N10O7S. The summed E-state index contributed by atoms with van der Waals surface area (Å²) in [6, 6.07) is 9.53. The summed E-state index contributed by atoms with van der Waals surface area (Å²) in [4.78, 5) is 75.2. The molecule has 1 saturated carbocycles. The average Bonchev–Trinajstić information content (AvgIpc) is 3.93. The molecule has 64 heavy (non-hydrogen) atoms. The number of fused-ring (bicyclic) bond motifs is 1. The zero-order valence-corrected chi connectivity index (χ0v) is 38.1. The van der Waals surface area contributed by atoms with Gasteiger partial charge in [0, 0.05) is 66.5 Å². The van der Waals surface area contributed by atoms with Crippen LogP contribution in [-0.4, -0.2) is 119 Å². The Morgan fingerprint density at radius 2 is 1.56 bits per heavy atom. The molecule has 18 heteroatoms. The number of thiazole rings is 1. The topological polar surface area (TPSA) is 195 Å². The van der Waals surface area contributed by atoms with Crippen molar-refractivity contribution in [2.24, 2.45) is 0 Å². The third kappa shape index (κ3) is 11.5. The summed E-state index contributed by atoms with van der Waals surface area (Å²) in [5.74, 6) is 0.502. The molecule has 5 heterocycles. The van der Waals surface area contributed by atoms with Gasteiger partial charge in [0.05, 0.1) is 69.2 Å². The van der Waals surface area contributed by atoms with Crippen molar-refractivity contribution in [2.75, 3.05) is 93.2 Å². The van der Waals surface area contributed by atoms with Gasteiger partial charge in [-0.05, 0) is 82.9 Å². The van der Waals surface area contributed by atoms with Gasteiger partial charge in [-0.25, -0.2) is 15.0 Å². The van der Waals surface area contributed by atoms with Crippen molar-refractivity contribution in [2.45, 2.75) is 72.8 Å². The van der Waals surface area contributed by atoms with Gasteiger partial charge in [0.1, 0.15) is 11.5 Å². The summed E-state index contributed by atoms with van der Waals surface area (Å²) in [5, 5.41) is 10.7. The molecule has 7 rings (SSSR count). The van der Waals surface area contributed by atoms with Crippen molar-refractivity contribution in [3.05, 3.63) is 85.9 Å². The maximum Gasteiger partial charge on any atom is 0.263 e. The van der Waals surface area contributed by atoms with E-state index >= 15 is 0 Å². The van der Waals surface area contributed by atoms with Crippen molar-refractivity contribution >= 4 is 68.2 Å². The Labute approximate surface area is 377 Å². The number of anilines is 5. The fourth-order valence-electron chi connectivity index (χ4n) is 8.08. The van der Waals surface area contributed by atoms with Crippen molar-refractivity contribution in [3.8, 4) is 0 Å². The van der Waals surface area contributed by atoms with Crippen molar-refractivity contribution in [1.29, 1.82) is 0 Å². The van der Waals surface area contributed by atoms with E-state index in [9.17, 15) is 19.2 Å². The quantitative estimate of drug-likeness (QED) is 0.0575. The van der Waals surface area contributed by atoms with Gasteiger partial charge in [0.25, 0.3) is 11.5 Å². The highest BCUT2D eigenvalue weighted by atomic mass is 32.1. The van der Waals surface area contributed by atoms with Crippen LogP contribution in [0.4, 0.5) is 28.3 Å². The number of benzene rings is 1. The molecule has 17 nitrogen and oxygen atoms in total. The molecule has 2 amide bonds. The lowest BCUT2D eigenvalue weighted by atomic mass is 10.0. The Hall–Kier alpha value is -5.82. The Morgan fingerprint density at radius 3 is 2.23 bits per heavy atom. The van der Waals surface area contributed by atoms with Crippen LogP contribution in [0.1, 0.15) is 87.5 Å². The van der Waals surface area contributed by atoms with E-state index in [1.807, 2.05) is 56.0 Å². The summed E-state index contributed by atoms with van der Waals surface area (Å²) < 4.78 is 18.7. The Balaban J connectivity index is 0.751. The fraction of sp³-hybridized carbons (Fsp3) is 0.478. The number of rotatable bonds is 20. The summed E-state index contributed by atoms with van der Waals surface area (Å²) in [6.07, 6.45) is 7.58. The Kier molecular flexibility index (Phi) is 15.7. The van der Waals surface area contributed by atoms with Gasteiger partial charge in [0.15, 0.2) is 10.9 Å². The molecule has 4 aromatic heterocycles. The number of ketones is 1. The fourth-order valence-corrected chi connectivity index (χ4v) is 8.89. The molecule has 1 aliphatic heterocycles. The number of carbonyl (C=O) groups is 3. The van der Waals surface area contributed by atoms with Gasteiger partial charge < -0.3 is 34.6 Å². The Bertz CT molecular complexity index is 2480. The molecule has 0 spiro atoms. The zero-order valence-electron chi connectivity index (χ0n) is 37.3. The second-order valence-electron chi connectivity index (χ2n) is 16.2. The van der Waals surface area contributed by atoms with Crippen LogP contribution in [0.5, 0.6) is 0 Å². The van der Waals surface area contributed by atoms with Crippen molar-refractivity contribution < 1.29 is 28.6 Å². The molecule has 0 unspecified atom stereocenters. The van der Waals surface area contributed by atoms with Gasteiger partial charge in [-0.1, -0.05) is 18.9 Å². The number of nitrogens with one attached hydrogen (secondary N) is 3. The summed E-state index contributed by atoms with van der Waals surface area (Å²) in [7, 11) is 0. The monoisotopic (exact) mass is 894 g/mol. The molecule has 0 radical (unpaired) electrons. The summed E-state index contributed by atoms with van der Waals surface area (Å²) in [5.41, 5.74) is 5.22. The van der Waals surface area contributed by atoms with Crippen LogP contribution in [-0.2, 0) is 19.0 Å². The van der Waals surface area contributed by atoms with Gasteiger partial charge in [-0.2, -0.15) is 4.98 Å². The summed E-state index contributed by atoms with van der Waals surface area (Å²) >= 11 is 1.46. The van der Waals surface area contributed by atoms with Crippen molar-refractivity contribution in [3.63, 3.8) is 0 Å². The lowest BCUT2D eigenvalue weighted by molar-refractivity contribution is -0.132. The first-order chi connectivity index (χ1) is 31.0.